The lowest BCUT2D eigenvalue weighted by Gasteiger charge is -2.27. The molecule has 1 rings (SSSR count). The van der Waals surface area contributed by atoms with E-state index in [1.54, 1.807) is 0 Å². The van der Waals surface area contributed by atoms with Gasteiger partial charge in [0.15, 0.2) is 5.60 Å². The minimum Gasteiger partial charge on any atom is -0.479 e. The summed E-state index contributed by atoms with van der Waals surface area (Å²) in [5.41, 5.74) is -1.59. The lowest BCUT2D eigenvalue weighted by atomic mass is 9.93. The van der Waals surface area contributed by atoms with Crippen molar-refractivity contribution >= 4 is 5.97 Å². The summed E-state index contributed by atoms with van der Waals surface area (Å²) < 4.78 is 7.12. The molecule has 10 heavy (non-hydrogen) atoms. The van der Waals surface area contributed by atoms with Crippen molar-refractivity contribution in [3.8, 4) is 0 Å². The molecule has 1 fully saturated rings. The minimum atomic E-state index is -1.59. The molecule has 4 heteroatoms. The van der Waals surface area contributed by atoms with Crippen LogP contribution in [0, 0.1) is 0 Å². The average molecular weight is 146 g/mol. The summed E-state index contributed by atoms with van der Waals surface area (Å²) in [7, 11) is 0. The lowest BCUT2D eigenvalue weighted by Crippen LogP contribution is -2.47. The Morgan fingerprint density at radius 3 is 2.50 bits per heavy atom. The zero-order valence-corrected chi connectivity index (χ0v) is 5.58. The maximum atomic E-state index is 10.5. The molecule has 0 saturated carbocycles. The molecule has 0 aromatic carbocycles. The van der Waals surface area contributed by atoms with E-state index < -0.39 is 11.6 Å². The van der Waals surface area contributed by atoms with Gasteiger partial charge < -0.3 is 15.5 Å². The van der Waals surface area contributed by atoms with Gasteiger partial charge in [-0.25, -0.2) is 4.79 Å². The van der Waals surface area contributed by atoms with Gasteiger partial charge in [0.2, 0.25) is 0 Å². The lowest BCUT2D eigenvalue weighted by molar-refractivity contribution is -0.161. The van der Waals surface area contributed by atoms with E-state index in [0.29, 0.717) is 13.1 Å². The summed E-state index contributed by atoms with van der Waals surface area (Å²) in [6.45, 7) is 0.644. The van der Waals surface area contributed by atoms with E-state index in [4.69, 9.17) is 6.52 Å². The van der Waals surface area contributed by atoms with E-state index >= 15 is 0 Å². The molecule has 0 unspecified atom stereocenters. The second-order valence-electron chi connectivity index (χ2n) is 2.51. The van der Waals surface area contributed by atoms with E-state index in [-0.39, 0.29) is 12.8 Å². The molecule has 1 aliphatic heterocycles. The van der Waals surface area contributed by atoms with Gasteiger partial charge in [-0.15, -0.1) is 0 Å². The van der Waals surface area contributed by atoms with Crippen molar-refractivity contribution in [2.75, 3.05) is 13.1 Å². The van der Waals surface area contributed by atoms with Crippen LogP contribution in [0.2, 0.25) is 1.41 Å². The van der Waals surface area contributed by atoms with Crippen LogP contribution in [0.15, 0.2) is 0 Å². The summed E-state index contributed by atoms with van der Waals surface area (Å²) >= 11 is 0. The summed E-state index contributed by atoms with van der Waals surface area (Å²) in [4.78, 5) is 10.5. The number of carboxylic acids is 1. The zero-order chi connectivity index (χ0) is 8.48. The fourth-order valence-electron chi connectivity index (χ4n) is 0.979. The molecule has 0 spiro atoms. The highest BCUT2D eigenvalue weighted by molar-refractivity contribution is 5.77. The highest BCUT2D eigenvalue weighted by Gasteiger charge is 2.36. The molecule has 1 saturated heterocycles. The van der Waals surface area contributed by atoms with Gasteiger partial charge in [0.25, 0.3) is 0 Å². The Morgan fingerprint density at radius 1 is 1.60 bits per heavy atom. The van der Waals surface area contributed by atoms with Crippen LogP contribution in [0.4, 0.5) is 0 Å². The molecule has 0 aromatic rings. The maximum absolute atomic E-state index is 10.5. The van der Waals surface area contributed by atoms with E-state index in [2.05, 4.69) is 0 Å². The van der Waals surface area contributed by atoms with Crippen molar-refractivity contribution in [3.63, 3.8) is 0 Å². The van der Waals surface area contributed by atoms with Crippen molar-refractivity contribution in [3.05, 3.63) is 0 Å². The van der Waals surface area contributed by atoms with E-state index in [1.807, 2.05) is 0 Å². The number of carbonyl (C=O) groups is 1. The largest absolute Gasteiger partial charge is 0.479 e. The summed E-state index contributed by atoms with van der Waals surface area (Å²) in [6.07, 6.45) is 0.289. The van der Waals surface area contributed by atoms with Gasteiger partial charge in [-0.05, 0) is 25.9 Å². The van der Waals surface area contributed by atoms with Crippen molar-refractivity contribution in [1.29, 1.82) is 0 Å². The zero-order valence-electron chi connectivity index (χ0n) is 6.58. The topological polar surface area (TPSA) is 69.6 Å². The third-order valence-corrected chi connectivity index (χ3v) is 1.77. The number of aliphatic hydroxyl groups is 1. The van der Waals surface area contributed by atoms with Crippen LogP contribution in [0.5, 0.6) is 0 Å². The summed E-state index contributed by atoms with van der Waals surface area (Å²) in [5.74, 6) is -1.18. The number of rotatable bonds is 1. The SMILES string of the molecule is [2H]N1CCC(O)(C(=O)O)CC1. The Balaban J connectivity index is 2.55. The molecule has 0 bridgehead atoms. The van der Waals surface area contributed by atoms with Gasteiger partial charge >= 0.3 is 5.97 Å². The molecule has 0 aromatic heterocycles. The molecule has 0 aliphatic carbocycles. The molecule has 4 nitrogen and oxygen atoms in total. The fourth-order valence-corrected chi connectivity index (χ4v) is 0.979. The number of carboxylic acid groups (broad SMARTS) is 1. The predicted molar refractivity (Wildman–Crippen MR) is 34.7 cm³/mol. The van der Waals surface area contributed by atoms with Crippen LogP contribution >= 0.6 is 0 Å². The summed E-state index contributed by atoms with van der Waals surface area (Å²) in [5, 5.41) is 19.2. The van der Waals surface area contributed by atoms with Gasteiger partial charge in [-0.2, -0.15) is 0 Å². The Hall–Kier alpha value is -0.610. The van der Waals surface area contributed by atoms with Crippen LogP contribution < -0.4 is 5.31 Å². The fraction of sp³-hybridized carbons (Fsp3) is 0.833. The first-order valence-electron chi connectivity index (χ1n) is 3.69. The van der Waals surface area contributed by atoms with Crippen LogP contribution in [-0.2, 0) is 4.79 Å². The molecule has 0 radical (unpaired) electrons. The number of nitrogens with one attached hydrogen (secondary N) is 1. The van der Waals surface area contributed by atoms with Gasteiger partial charge in [0.1, 0.15) is 1.41 Å². The first-order chi connectivity index (χ1) is 5.04. The third-order valence-electron chi connectivity index (χ3n) is 1.77. The Morgan fingerprint density at radius 2 is 2.10 bits per heavy atom. The Kier molecular flexibility index (Phi) is 1.56. The highest BCUT2D eigenvalue weighted by Crippen LogP contribution is 2.17. The first kappa shape index (κ1) is 6.12. The van der Waals surface area contributed by atoms with Gasteiger partial charge in [-0.3, -0.25) is 0 Å². The molecule has 0 atom stereocenters. The smallest absolute Gasteiger partial charge is 0.335 e. The molecule has 58 valence electrons. The third kappa shape index (κ3) is 1.27. The summed E-state index contributed by atoms with van der Waals surface area (Å²) in [6, 6.07) is 0. The first-order valence-corrected chi connectivity index (χ1v) is 3.24. The van der Waals surface area contributed by atoms with E-state index in [0.717, 1.165) is 0 Å². The molecule has 1 aliphatic rings. The standard InChI is InChI=1S/C6H11NO3/c8-5(9)6(10)1-3-7-4-2-6/h7,10H,1-4H2,(H,8,9)/i/hD. The highest BCUT2D eigenvalue weighted by atomic mass is 16.4. The number of hydrogen-bond donors (Lipinski definition) is 3. The van der Waals surface area contributed by atoms with Crippen LogP contribution in [-0.4, -0.2) is 34.9 Å². The van der Waals surface area contributed by atoms with Gasteiger partial charge in [0.05, 0.1) is 0 Å². The maximum Gasteiger partial charge on any atom is 0.335 e. The van der Waals surface area contributed by atoms with Crippen LogP contribution in [0.3, 0.4) is 0 Å². The Bertz CT molecular complexity index is 165. The number of aliphatic carboxylic acids is 1. The van der Waals surface area contributed by atoms with E-state index in [9.17, 15) is 9.90 Å². The number of hydrogen-bond acceptors (Lipinski definition) is 3. The van der Waals surface area contributed by atoms with Crippen LogP contribution in [0.1, 0.15) is 12.8 Å². The van der Waals surface area contributed by atoms with Crippen molar-refractivity contribution in [2.45, 2.75) is 18.4 Å². The average Bonchev–Trinajstić information content (AvgIpc) is 1.95. The van der Waals surface area contributed by atoms with Crippen molar-refractivity contribution < 1.29 is 16.4 Å². The molecule has 3 N–H and O–H groups in total. The molecular weight excluding hydrogens is 134 g/mol. The number of piperidine rings is 1. The molecular formula is C6H11NO3. The van der Waals surface area contributed by atoms with Gasteiger partial charge in [-0.1, -0.05) is 0 Å². The normalized spacial score (nSPS) is 27.5. The second kappa shape index (κ2) is 2.56. The molecule has 1 heterocycles. The second-order valence-corrected chi connectivity index (χ2v) is 2.51. The van der Waals surface area contributed by atoms with Crippen molar-refractivity contribution in [1.82, 2.24) is 5.31 Å². The minimum absolute atomic E-state index is 0.145. The quantitative estimate of drug-likeness (QED) is 0.452. The van der Waals surface area contributed by atoms with Gasteiger partial charge in [0, 0.05) is 0 Å². The van der Waals surface area contributed by atoms with E-state index in [1.165, 1.54) is 5.31 Å². The van der Waals surface area contributed by atoms with Crippen molar-refractivity contribution in [2.24, 2.45) is 0 Å². The monoisotopic (exact) mass is 146 g/mol. The molecule has 0 amide bonds. The Labute approximate surface area is 60.3 Å². The van der Waals surface area contributed by atoms with Crippen LogP contribution in [0.25, 0.3) is 0 Å². The predicted octanol–water partition coefficient (Wildman–Crippen LogP) is -0.815.